The lowest BCUT2D eigenvalue weighted by molar-refractivity contribution is -0.140. The van der Waals surface area contributed by atoms with E-state index in [1.54, 1.807) is 7.05 Å². The van der Waals surface area contributed by atoms with Gasteiger partial charge in [0.25, 0.3) is 0 Å². The van der Waals surface area contributed by atoms with Crippen molar-refractivity contribution in [2.45, 2.75) is 68.7 Å². The van der Waals surface area contributed by atoms with Crippen LogP contribution in [0.1, 0.15) is 51.9 Å². The van der Waals surface area contributed by atoms with Crippen molar-refractivity contribution in [3.63, 3.8) is 0 Å². The van der Waals surface area contributed by atoms with Gasteiger partial charge in [0, 0.05) is 18.8 Å². The van der Waals surface area contributed by atoms with Gasteiger partial charge in [0.05, 0.1) is 4.75 Å². The molecule has 0 saturated carbocycles. The van der Waals surface area contributed by atoms with Gasteiger partial charge in [0.1, 0.15) is 30.3 Å². The average molecular weight is 567 g/mol. The Morgan fingerprint density at radius 3 is 2.67 bits per heavy atom. The Labute approximate surface area is 231 Å². The molecule has 0 unspecified atom stereocenters. The first-order valence-corrected chi connectivity index (χ1v) is 14.3. The SMILES string of the molecule is CCC[C@]1(SC[C@H](NC(=O)CC[C@H](NCNC)C(=O)O)C(=O)NCC(=O)O)CC[C@H]2CC=C[C@H]3C(=O)OC1=C23. The van der Waals surface area contributed by atoms with Crippen molar-refractivity contribution in [1.82, 2.24) is 21.3 Å². The van der Waals surface area contributed by atoms with Crippen LogP contribution in [-0.4, -0.2) is 82.8 Å². The summed E-state index contributed by atoms with van der Waals surface area (Å²) in [5.41, 5.74) is 1.03. The van der Waals surface area contributed by atoms with Crippen LogP contribution in [0.4, 0.5) is 0 Å². The minimum atomic E-state index is -1.22. The van der Waals surface area contributed by atoms with Crippen LogP contribution < -0.4 is 21.3 Å². The zero-order chi connectivity index (χ0) is 28.6. The first-order valence-electron chi connectivity index (χ1n) is 13.3. The van der Waals surface area contributed by atoms with E-state index in [-0.39, 0.29) is 43.1 Å². The van der Waals surface area contributed by atoms with Crippen molar-refractivity contribution in [2.24, 2.45) is 11.8 Å². The molecule has 12 nitrogen and oxygen atoms in total. The fraction of sp³-hybridized carbons (Fsp3) is 0.654. The maximum atomic E-state index is 12.9. The molecule has 5 atom stereocenters. The van der Waals surface area contributed by atoms with E-state index < -0.39 is 47.1 Å². The van der Waals surface area contributed by atoms with E-state index in [0.29, 0.717) is 12.2 Å². The van der Waals surface area contributed by atoms with E-state index in [0.717, 1.165) is 31.3 Å². The van der Waals surface area contributed by atoms with Crippen LogP contribution in [0.2, 0.25) is 0 Å². The molecule has 0 aromatic rings. The number of nitrogens with one attached hydrogen (secondary N) is 4. The molecule has 0 aromatic heterocycles. The molecular formula is C26H38N4O8S. The fourth-order valence-corrected chi connectivity index (χ4v) is 7.03. The maximum absolute atomic E-state index is 12.9. The van der Waals surface area contributed by atoms with E-state index in [9.17, 15) is 29.1 Å². The third kappa shape index (κ3) is 7.61. The molecule has 1 heterocycles. The van der Waals surface area contributed by atoms with Crippen LogP contribution >= 0.6 is 11.8 Å². The highest BCUT2D eigenvalue weighted by molar-refractivity contribution is 8.00. The second-order valence-corrected chi connectivity index (χ2v) is 11.4. The van der Waals surface area contributed by atoms with Crippen molar-refractivity contribution < 1.29 is 38.9 Å². The van der Waals surface area contributed by atoms with Crippen molar-refractivity contribution in [3.8, 4) is 0 Å². The number of rotatable bonds is 16. The Kier molecular flexibility index (Phi) is 11.0. The molecule has 39 heavy (non-hydrogen) atoms. The molecule has 0 fully saturated rings. The lowest BCUT2D eigenvalue weighted by Gasteiger charge is -2.41. The van der Waals surface area contributed by atoms with E-state index >= 15 is 0 Å². The molecule has 6 N–H and O–H groups in total. The normalized spacial score (nSPS) is 24.9. The summed E-state index contributed by atoms with van der Waals surface area (Å²) < 4.78 is 5.31. The van der Waals surface area contributed by atoms with Crippen molar-refractivity contribution in [3.05, 3.63) is 23.5 Å². The summed E-state index contributed by atoms with van der Waals surface area (Å²) in [7, 11) is 1.66. The molecule has 1 aliphatic heterocycles. The lowest BCUT2D eigenvalue weighted by atomic mass is 9.71. The van der Waals surface area contributed by atoms with Crippen LogP contribution in [0, 0.1) is 11.8 Å². The van der Waals surface area contributed by atoms with Crippen LogP contribution in [-0.2, 0) is 28.7 Å². The number of allylic oxidation sites excluding steroid dienone is 1. The minimum Gasteiger partial charge on any atom is -0.480 e. The van der Waals surface area contributed by atoms with E-state index in [2.05, 4.69) is 21.3 Å². The molecular weight excluding hydrogens is 528 g/mol. The summed E-state index contributed by atoms with van der Waals surface area (Å²) in [5.74, 6) is -3.10. The first kappa shape index (κ1) is 30.6. The molecule has 0 spiro atoms. The lowest BCUT2D eigenvalue weighted by Crippen LogP contribution is -2.50. The quantitative estimate of drug-likeness (QED) is 0.0880. The Bertz CT molecular complexity index is 1030. The summed E-state index contributed by atoms with van der Waals surface area (Å²) in [6, 6.07) is -2.02. The number of thioether (sulfide) groups is 1. The first-order chi connectivity index (χ1) is 18.6. The molecule has 3 aliphatic rings. The van der Waals surface area contributed by atoms with Gasteiger partial charge in [-0.3, -0.25) is 29.3 Å². The molecule has 0 radical (unpaired) electrons. The third-order valence-electron chi connectivity index (χ3n) is 7.28. The summed E-state index contributed by atoms with van der Waals surface area (Å²) in [6.07, 6.45) is 7.78. The van der Waals surface area contributed by atoms with Crippen molar-refractivity contribution in [2.75, 3.05) is 26.0 Å². The van der Waals surface area contributed by atoms with Gasteiger partial charge >= 0.3 is 17.9 Å². The van der Waals surface area contributed by atoms with Gasteiger partial charge in [-0.25, -0.2) is 0 Å². The predicted molar refractivity (Wildman–Crippen MR) is 143 cm³/mol. The monoisotopic (exact) mass is 566 g/mol. The number of carbonyl (C=O) groups excluding carboxylic acids is 3. The predicted octanol–water partition coefficient (Wildman–Crippen LogP) is 0.741. The van der Waals surface area contributed by atoms with Crippen LogP contribution in [0.25, 0.3) is 0 Å². The Morgan fingerprint density at radius 1 is 1.23 bits per heavy atom. The third-order valence-corrected chi connectivity index (χ3v) is 8.93. The summed E-state index contributed by atoms with van der Waals surface area (Å²) >= 11 is 1.44. The second kappa shape index (κ2) is 13.9. The van der Waals surface area contributed by atoms with Gasteiger partial charge in [-0.05, 0) is 50.6 Å². The van der Waals surface area contributed by atoms with Crippen molar-refractivity contribution >= 4 is 41.5 Å². The number of aliphatic carboxylic acids is 2. The largest absolute Gasteiger partial charge is 0.480 e. The second-order valence-electron chi connectivity index (χ2n) is 10.0. The van der Waals surface area contributed by atoms with Crippen LogP contribution in [0.3, 0.4) is 0 Å². The van der Waals surface area contributed by atoms with Crippen LogP contribution in [0.15, 0.2) is 23.5 Å². The van der Waals surface area contributed by atoms with E-state index in [4.69, 9.17) is 9.84 Å². The average Bonchev–Trinajstić information content (AvgIpc) is 3.25. The molecule has 216 valence electrons. The molecule has 0 saturated heterocycles. The Morgan fingerprint density at radius 2 is 2.00 bits per heavy atom. The number of hydrogen-bond donors (Lipinski definition) is 6. The van der Waals surface area contributed by atoms with Gasteiger partial charge in [-0.15, -0.1) is 11.8 Å². The maximum Gasteiger partial charge on any atom is 0.322 e. The highest BCUT2D eigenvalue weighted by Gasteiger charge is 2.52. The number of esters is 1. The number of amides is 2. The summed E-state index contributed by atoms with van der Waals surface area (Å²) in [6.45, 7) is 1.68. The molecule has 13 heteroatoms. The van der Waals surface area contributed by atoms with E-state index in [1.807, 2.05) is 19.1 Å². The van der Waals surface area contributed by atoms with Gasteiger partial charge in [-0.2, -0.15) is 0 Å². The highest BCUT2D eigenvalue weighted by atomic mass is 32.2. The number of ether oxygens (including phenoxy) is 1. The van der Waals surface area contributed by atoms with Crippen molar-refractivity contribution in [1.29, 1.82) is 0 Å². The van der Waals surface area contributed by atoms with Gasteiger partial charge < -0.3 is 30.9 Å². The minimum absolute atomic E-state index is 0.00171. The number of carboxylic acids is 2. The van der Waals surface area contributed by atoms with Gasteiger partial charge in [0.2, 0.25) is 11.8 Å². The summed E-state index contributed by atoms with van der Waals surface area (Å²) in [4.78, 5) is 60.9. The standard InChI is InChI=1S/C26H38N4O8S/c1-3-10-26(11-9-15-5-4-6-16-21(15)22(26)38-25(16)37)39-13-18(23(34)28-12-20(32)33)30-19(31)8-7-17(24(35)36)29-14-27-2/h4,6,15-18,27,29H,3,5,7-14H2,1-2H3,(H,28,34)(H,30,31)(H,32,33)(H,35,36)/t15-,16-,17+,18+,26+/m1/s1. The Hall–Kier alpha value is -2.90. The smallest absolute Gasteiger partial charge is 0.322 e. The van der Waals surface area contributed by atoms with E-state index in [1.165, 1.54) is 11.8 Å². The number of carboxylic acid groups (broad SMARTS) is 2. The van der Waals surface area contributed by atoms with Gasteiger partial charge in [0.15, 0.2) is 0 Å². The van der Waals surface area contributed by atoms with Crippen LogP contribution in [0.5, 0.6) is 0 Å². The number of carbonyl (C=O) groups is 5. The zero-order valence-corrected chi connectivity index (χ0v) is 23.1. The van der Waals surface area contributed by atoms with Gasteiger partial charge in [-0.1, -0.05) is 25.5 Å². The molecule has 0 bridgehead atoms. The molecule has 2 amide bonds. The molecule has 0 aromatic carbocycles. The fourth-order valence-electron chi connectivity index (χ4n) is 5.41. The summed E-state index contributed by atoms with van der Waals surface area (Å²) in [5, 5.41) is 28.9. The highest BCUT2D eigenvalue weighted by Crippen LogP contribution is 2.55. The topological polar surface area (TPSA) is 183 Å². The number of hydrogen-bond acceptors (Lipinski definition) is 9. The zero-order valence-electron chi connectivity index (χ0n) is 22.3. The molecule has 2 aliphatic carbocycles. The Balaban J connectivity index is 1.75. The molecule has 3 rings (SSSR count).